The SMILES string of the molecule is CC(C)(C)NCCCNc1c(-c2ccccc2)cnc2cc(Cl)ccc12. The summed E-state index contributed by atoms with van der Waals surface area (Å²) in [5, 5.41) is 8.97. The molecule has 3 rings (SSSR count). The van der Waals surface area contributed by atoms with Crippen molar-refractivity contribution in [1.82, 2.24) is 10.3 Å². The zero-order chi connectivity index (χ0) is 18.6. The first-order valence-electron chi connectivity index (χ1n) is 9.07. The van der Waals surface area contributed by atoms with E-state index in [1.165, 1.54) is 0 Å². The Balaban J connectivity index is 1.87. The number of benzene rings is 2. The van der Waals surface area contributed by atoms with Gasteiger partial charge in [0.15, 0.2) is 0 Å². The molecule has 0 aliphatic rings. The number of hydrogen-bond acceptors (Lipinski definition) is 3. The maximum atomic E-state index is 6.15. The molecule has 1 heterocycles. The molecule has 3 nitrogen and oxygen atoms in total. The van der Waals surface area contributed by atoms with Gasteiger partial charge in [0.2, 0.25) is 0 Å². The van der Waals surface area contributed by atoms with E-state index in [1.807, 2.05) is 30.5 Å². The summed E-state index contributed by atoms with van der Waals surface area (Å²) in [6.45, 7) is 8.44. The van der Waals surface area contributed by atoms with Crippen molar-refractivity contribution in [3.8, 4) is 11.1 Å². The van der Waals surface area contributed by atoms with E-state index in [2.05, 4.69) is 60.7 Å². The zero-order valence-electron chi connectivity index (χ0n) is 15.6. The Morgan fingerprint density at radius 1 is 1.00 bits per heavy atom. The van der Waals surface area contributed by atoms with Crippen LogP contribution < -0.4 is 10.6 Å². The zero-order valence-corrected chi connectivity index (χ0v) is 16.4. The molecule has 0 atom stereocenters. The summed E-state index contributed by atoms with van der Waals surface area (Å²) in [5.74, 6) is 0. The molecule has 0 unspecified atom stereocenters. The number of halogens is 1. The van der Waals surface area contributed by atoms with Crippen LogP contribution in [-0.4, -0.2) is 23.6 Å². The van der Waals surface area contributed by atoms with Crippen molar-refractivity contribution >= 4 is 28.2 Å². The molecule has 0 bridgehead atoms. The molecular formula is C22H26ClN3. The van der Waals surface area contributed by atoms with Crippen LogP contribution >= 0.6 is 11.6 Å². The van der Waals surface area contributed by atoms with Gasteiger partial charge >= 0.3 is 0 Å². The van der Waals surface area contributed by atoms with Gasteiger partial charge in [-0.15, -0.1) is 0 Å². The van der Waals surface area contributed by atoms with E-state index in [-0.39, 0.29) is 5.54 Å². The maximum Gasteiger partial charge on any atom is 0.0738 e. The number of aromatic nitrogens is 1. The third-order valence-electron chi connectivity index (χ3n) is 4.23. The smallest absolute Gasteiger partial charge is 0.0738 e. The molecule has 26 heavy (non-hydrogen) atoms. The van der Waals surface area contributed by atoms with Gasteiger partial charge in [0.25, 0.3) is 0 Å². The Labute approximate surface area is 160 Å². The predicted molar refractivity (Wildman–Crippen MR) is 113 cm³/mol. The normalized spacial score (nSPS) is 11.7. The number of rotatable bonds is 6. The van der Waals surface area contributed by atoms with Crippen LogP contribution in [0.4, 0.5) is 5.69 Å². The van der Waals surface area contributed by atoms with E-state index in [1.54, 1.807) is 0 Å². The Hall–Kier alpha value is -2.10. The molecule has 4 heteroatoms. The quantitative estimate of drug-likeness (QED) is 0.545. The number of fused-ring (bicyclic) bond motifs is 1. The standard InChI is InChI=1S/C22H26ClN3/c1-22(2,3)26-13-7-12-24-21-18-11-10-17(23)14-20(18)25-15-19(21)16-8-5-4-6-9-16/h4-6,8-11,14-15,26H,7,12-13H2,1-3H3,(H,24,25). The highest BCUT2D eigenvalue weighted by molar-refractivity contribution is 6.31. The lowest BCUT2D eigenvalue weighted by Gasteiger charge is -2.21. The highest BCUT2D eigenvalue weighted by Gasteiger charge is 2.11. The molecular weight excluding hydrogens is 342 g/mol. The monoisotopic (exact) mass is 367 g/mol. The van der Waals surface area contributed by atoms with Gasteiger partial charge in [0, 0.05) is 34.3 Å². The summed E-state index contributed by atoms with van der Waals surface area (Å²) in [7, 11) is 0. The lowest BCUT2D eigenvalue weighted by atomic mass is 10.0. The van der Waals surface area contributed by atoms with Crippen molar-refractivity contribution in [3.05, 3.63) is 59.8 Å². The summed E-state index contributed by atoms with van der Waals surface area (Å²) in [5.41, 5.74) is 4.45. The van der Waals surface area contributed by atoms with Crippen molar-refractivity contribution in [3.63, 3.8) is 0 Å². The van der Waals surface area contributed by atoms with Crippen LogP contribution in [0.1, 0.15) is 27.2 Å². The van der Waals surface area contributed by atoms with Crippen molar-refractivity contribution < 1.29 is 0 Å². The molecule has 1 aromatic heterocycles. The Morgan fingerprint density at radius 3 is 2.50 bits per heavy atom. The molecule has 0 fully saturated rings. The molecule has 0 saturated heterocycles. The average Bonchev–Trinajstić information content (AvgIpc) is 2.61. The molecule has 3 aromatic rings. The molecule has 0 spiro atoms. The summed E-state index contributed by atoms with van der Waals surface area (Å²) in [6, 6.07) is 16.3. The van der Waals surface area contributed by atoms with Crippen molar-refractivity contribution in [1.29, 1.82) is 0 Å². The highest BCUT2D eigenvalue weighted by Crippen LogP contribution is 2.34. The van der Waals surface area contributed by atoms with E-state index in [9.17, 15) is 0 Å². The van der Waals surface area contributed by atoms with Crippen molar-refractivity contribution in [2.24, 2.45) is 0 Å². The minimum Gasteiger partial charge on any atom is -0.384 e. The van der Waals surface area contributed by atoms with Crippen LogP contribution in [0.2, 0.25) is 5.02 Å². The number of pyridine rings is 1. The molecule has 0 amide bonds. The fourth-order valence-electron chi connectivity index (χ4n) is 2.96. The van der Waals surface area contributed by atoms with Gasteiger partial charge in [-0.3, -0.25) is 4.98 Å². The summed E-state index contributed by atoms with van der Waals surface area (Å²) in [4.78, 5) is 4.62. The third-order valence-corrected chi connectivity index (χ3v) is 4.46. The van der Waals surface area contributed by atoms with Crippen LogP contribution in [0.25, 0.3) is 22.0 Å². The minimum absolute atomic E-state index is 0.148. The lowest BCUT2D eigenvalue weighted by Crippen LogP contribution is -2.36. The summed E-state index contributed by atoms with van der Waals surface area (Å²) < 4.78 is 0. The van der Waals surface area contributed by atoms with Gasteiger partial charge in [-0.2, -0.15) is 0 Å². The van der Waals surface area contributed by atoms with Gasteiger partial charge in [0.05, 0.1) is 11.2 Å². The second kappa shape index (κ2) is 8.07. The van der Waals surface area contributed by atoms with E-state index in [4.69, 9.17) is 11.6 Å². The van der Waals surface area contributed by atoms with Crippen LogP contribution in [-0.2, 0) is 0 Å². The Morgan fingerprint density at radius 2 is 1.77 bits per heavy atom. The van der Waals surface area contributed by atoms with E-state index >= 15 is 0 Å². The first kappa shape index (κ1) is 18.7. The molecule has 0 saturated carbocycles. The fourth-order valence-corrected chi connectivity index (χ4v) is 3.13. The molecule has 0 aliphatic heterocycles. The topological polar surface area (TPSA) is 37.0 Å². The highest BCUT2D eigenvalue weighted by atomic mass is 35.5. The molecule has 2 aromatic carbocycles. The fraction of sp³-hybridized carbons (Fsp3) is 0.318. The van der Waals surface area contributed by atoms with Gasteiger partial charge < -0.3 is 10.6 Å². The molecule has 0 aliphatic carbocycles. The average molecular weight is 368 g/mol. The number of anilines is 1. The van der Waals surface area contributed by atoms with E-state index < -0.39 is 0 Å². The van der Waals surface area contributed by atoms with Crippen molar-refractivity contribution in [2.75, 3.05) is 18.4 Å². The molecule has 0 radical (unpaired) electrons. The second-order valence-electron chi connectivity index (χ2n) is 7.53. The van der Waals surface area contributed by atoms with Gasteiger partial charge in [-0.25, -0.2) is 0 Å². The Kier molecular flexibility index (Phi) is 5.80. The largest absolute Gasteiger partial charge is 0.384 e. The van der Waals surface area contributed by atoms with Gasteiger partial charge in [-0.1, -0.05) is 41.9 Å². The predicted octanol–water partition coefficient (Wildman–Crippen LogP) is 5.75. The second-order valence-corrected chi connectivity index (χ2v) is 7.97. The number of nitrogens with one attached hydrogen (secondary N) is 2. The summed E-state index contributed by atoms with van der Waals surface area (Å²) >= 11 is 6.15. The van der Waals surface area contributed by atoms with Crippen LogP contribution in [0, 0.1) is 0 Å². The molecule has 2 N–H and O–H groups in total. The van der Waals surface area contributed by atoms with E-state index in [0.717, 1.165) is 47.2 Å². The minimum atomic E-state index is 0.148. The maximum absolute atomic E-state index is 6.15. The Bertz CT molecular complexity index is 870. The van der Waals surface area contributed by atoms with Crippen LogP contribution in [0.3, 0.4) is 0 Å². The van der Waals surface area contributed by atoms with Gasteiger partial charge in [-0.05, 0) is 57.5 Å². The first-order valence-corrected chi connectivity index (χ1v) is 9.44. The first-order chi connectivity index (χ1) is 12.4. The lowest BCUT2D eigenvalue weighted by molar-refractivity contribution is 0.425. The number of nitrogens with zero attached hydrogens (tertiary/aromatic N) is 1. The van der Waals surface area contributed by atoms with Gasteiger partial charge in [0.1, 0.15) is 0 Å². The number of hydrogen-bond donors (Lipinski definition) is 2. The van der Waals surface area contributed by atoms with E-state index in [0.29, 0.717) is 5.02 Å². The summed E-state index contributed by atoms with van der Waals surface area (Å²) in [6.07, 6.45) is 2.98. The molecule has 136 valence electrons. The van der Waals surface area contributed by atoms with Crippen LogP contribution in [0.15, 0.2) is 54.7 Å². The van der Waals surface area contributed by atoms with Crippen molar-refractivity contribution in [2.45, 2.75) is 32.7 Å². The van der Waals surface area contributed by atoms with Crippen LogP contribution in [0.5, 0.6) is 0 Å². The third kappa shape index (κ3) is 4.75.